The monoisotopic (exact) mass is 263 g/mol. The smallest absolute Gasteiger partial charge is 0.308 e. The lowest BCUT2D eigenvalue weighted by molar-refractivity contribution is -0.147. The zero-order valence-corrected chi connectivity index (χ0v) is 10.7. The van der Waals surface area contributed by atoms with E-state index in [1.165, 1.54) is 0 Å². The van der Waals surface area contributed by atoms with Gasteiger partial charge in [0.15, 0.2) is 0 Å². The quantitative estimate of drug-likeness (QED) is 0.750. The van der Waals surface area contributed by atoms with Gasteiger partial charge in [0.2, 0.25) is 0 Å². The molecule has 5 nitrogen and oxygen atoms in total. The molecule has 2 unspecified atom stereocenters. The Hall–Kier alpha value is -1.90. The van der Waals surface area contributed by atoms with Gasteiger partial charge in [-0.3, -0.25) is 4.79 Å². The Morgan fingerprint density at radius 2 is 2.11 bits per heavy atom. The van der Waals surface area contributed by atoms with Crippen LogP contribution < -0.4 is 0 Å². The van der Waals surface area contributed by atoms with Crippen LogP contribution in [-0.4, -0.2) is 28.9 Å². The van der Waals surface area contributed by atoms with E-state index in [1.807, 2.05) is 6.07 Å². The second kappa shape index (κ2) is 7.52. The number of nitriles is 1. The summed E-state index contributed by atoms with van der Waals surface area (Å²) in [6, 6.07) is 8.79. The highest BCUT2D eigenvalue weighted by atomic mass is 16.5. The molecule has 5 heteroatoms. The molecule has 0 heterocycles. The summed E-state index contributed by atoms with van der Waals surface area (Å²) in [5.41, 5.74) is 1.10. The largest absolute Gasteiger partial charge is 0.466 e. The number of rotatable bonds is 6. The molecule has 19 heavy (non-hydrogen) atoms. The van der Waals surface area contributed by atoms with Crippen LogP contribution in [0.4, 0.5) is 0 Å². The predicted octanol–water partition coefficient (Wildman–Crippen LogP) is 1.10. The third-order valence-electron chi connectivity index (χ3n) is 2.69. The first-order chi connectivity index (χ1) is 9.10. The molecule has 0 saturated carbocycles. The Balaban J connectivity index is 2.79. The Bertz CT molecular complexity index is 467. The fraction of sp³-hybridized carbons (Fsp3) is 0.429. The molecule has 0 aromatic heterocycles. The molecule has 0 aliphatic heterocycles. The lowest BCUT2D eigenvalue weighted by Gasteiger charge is -2.19. The lowest BCUT2D eigenvalue weighted by Crippen LogP contribution is -2.24. The van der Waals surface area contributed by atoms with Gasteiger partial charge >= 0.3 is 5.97 Å². The number of hydrogen-bond acceptors (Lipinski definition) is 5. The molecular formula is C14H17NO4. The number of carbonyl (C=O) groups excluding carboxylic acids is 1. The number of aliphatic hydroxyl groups excluding tert-OH is 2. The van der Waals surface area contributed by atoms with Gasteiger partial charge in [0.25, 0.3) is 0 Å². The van der Waals surface area contributed by atoms with E-state index < -0.39 is 18.2 Å². The van der Waals surface area contributed by atoms with Crippen LogP contribution in [0.15, 0.2) is 24.3 Å². The molecule has 1 aromatic carbocycles. The summed E-state index contributed by atoms with van der Waals surface area (Å²) in [5, 5.41) is 28.6. The SMILES string of the molecule is CCOC(=O)CC(O)C(O)c1ccccc1CC#N. The van der Waals surface area contributed by atoms with Crippen molar-refractivity contribution in [2.45, 2.75) is 32.0 Å². The van der Waals surface area contributed by atoms with E-state index in [0.717, 1.165) is 0 Å². The maximum absolute atomic E-state index is 11.3. The van der Waals surface area contributed by atoms with Crippen LogP contribution in [0.1, 0.15) is 30.6 Å². The summed E-state index contributed by atoms with van der Waals surface area (Å²) >= 11 is 0. The summed E-state index contributed by atoms with van der Waals surface area (Å²) in [6.45, 7) is 1.90. The highest BCUT2D eigenvalue weighted by molar-refractivity contribution is 5.70. The van der Waals surface area contributed by atoms with Crippen molar-refractivity contribution >= 4 is 5.97 Å². The molecule has 0 aliphatic carbocycles. The summed E-state index contributed by atoms with van der Waals surface area (Å²) in [6.07, 6.45) is -2.61. The standard InChI is InChI=1S/C14H17NO4/c1-2-19-13(17)9-12(16)14(18)11-6-4-3-5-10(11)7-8-15/h3-6,12,14,16,18H,2,7,9H2,1H3. The second-order valence-electron chi connectivity index (χ2n) is 4.06. The topological polar surface area (TPSA) is 90.6 Å². The number of carbonyl (C=O) groups is 1. The predicted molar refractivity (Wildman–Crippen MR) is 68.0 cm³/mol. The van der Waals surface area contributed by atoms with Gasteiger partial charge in [-0.1, -0.05) is 24.3 Å². The van der Waals surface area contributed by atoms with E-state index in [9.17, 15) is 15.0 Å². The summed E-state index contributed by atoms with van der Waals surface area (Å²) in [4.78, 5) is 11.3. The van der Waals surface area contributed by atoms with E-state index in [-0.39, 0.29) is 19.4 Å². The fourth-order valence-electron chi connectivity index (χ4n) is 1.78. The first-order valence-electron chi connectivity index (χ1n) is 6.06. The Morgan fingerprint density at radius 3 is 2.74 bits per heavy atom. The van der Waals surface area contributed by atoms with E-state index in [4.69, 9.17) is 10.00 Å². The third-order valence-corrected chi connectivity index (χ3v) is 2.69. The summed E-state index contributed by atoms with van der Waals surface area (Å²) in [7, 11) is 0. The van der Waals surface area contributed by atoms with Crippen molar-refractivity contribution in [3.63, 3.8) is 0 Å². The molecule has 1 rings (SSSR count). The Morgan fingerprint density at radius 1 is 1.42 bits per heavy atom. The average molecular weight is 263 g/mol. The van der Waals surface area contributed by atoms with Crippen molar-refractivity contribution in [2.24, 2.45) is 0 Å². The van der Waals surface area contributed by atoms with E-state index in [0.29, 0.717) is 11.1 Å². The molecule has 1 aromatic rings. The van der Waals surface area contributed by atoms with Crippen molar-refractivity contribution in [2.75, 3.05) is 6.61 Å². The minimum absolute atomic E-state index is 0.138. The minimum Gasteiger partial charge on any atom is -0.466 e. The Labute approximate surface area is 112 Å². The van der Waals surface area contributed by atoms with Crippen molar-refractivity contribution in [3.8, 4) is 6.07 Å². The van der Waals surface area contributed by atoms with Crippen LogP contribution in [0.5, 0.6) is 0 Å². The summed E-state index contributed by atoms with van der Waals surface area (Å²) < 4.78 is 4.71. The number of nitrogens with zero attached hydrogens (tertiary/aromatic N) is 1. The van der Waals surface area contributed by atoms with E-state index >= 15 is 0 Å². The van der Waals surface area contributed by atoms with Gasteiger partial charge in [0, 0.05) is 0 Å². The molecule has 2 atom stereocenters. The highest BCUT2D eigenvalue weighted by Crippen LogP contribution is 2.23. The van der Waals surface area contributed by atoms with Crippen LogP contribution in [0, 0.1) is 11.3 Å². The number of hydrogen-bond donors (Lipinski definition) is 2. The van der Waals surface area contributed by atoms with E-state index in [1.54, 1.807) is 31.2 Å². The van der Waals surface area contributed by atoms with Crippen molar-refractivity contribution in [1.29, 1.82) is 5.26 Å². The molecular weight excluding hydrogens is 246 g/mol. The van der Waals surface area contributed by atoms with Crippen LogP contribution in [0.25, 0.3) is 0 Å². The molecule has 102 valence electrons. The normalized spacial score (nSPS) is 13.4. The van der Waals surface area contributed by atoms with Gasteiger partial charge in [0.1, 0.15) is 6.10 Å². The zero-order chi connectivity index (χ0) is 14.3. The molecule has 0 radical (unpaired) electrons. The van der Waals surface area contributed by atoms with Crippen molar-refractivity contribution < 1.29 is 19.7 Å². The van der Waals surface area contributed by atoms with Crippen LogP contribution in [0.2, 0.25) is 0 Å². The van der Waals surface area contributed by atoms with Gasteiger partial charge in [0.05, 0.1) is 31.6 Å². The third kappa shape index (κ3) is 4.36. The number of esters is 1. The average Bonchev–Trinajstić information content (AvgIpc) is 2.39. The maximum atomic E-state index is 11.3. The van der Waals surface area contributed by atoms with E-state index in [2.05, 4.69) is 0 Å². The molecule has 0 saturated heterocycles. The number of aliphatic hydroxyl groups is 2. The molecule has 0 spiro atoms. The molecule has 0 fully saturated rings. The zero-order valence-electron chi connectivity index (χ0n) is 10.7. The van der Waals surface area contributed by atoms with Gasteiger partial charge in [-0.2, -0.15) is 5.26 Å². The molecule has 0 aliphatic rings. The second-order valence-corrected chi connectivity index (χ2v) is 4.06. The fourth-order valence-corrected chi connectivity index (χ4v) is 1.78. The highest BCUT2D eigenvalue weighted by Gasteiger charge is 2.23. The van der Waals surface area contributed by atoms with Gasteiger partial charge in [-0.05, 0) is 18.1 Å². The van der Waals surface area contributed by atoms with Gasteiger partial charge < -0.3 is 14.9 Å². The maximum Gasteiger partial charge on any atom is 0.308 e. The molecule has 0 bridgehead atoms. The first-order valence-corrected chi connectivity index (χ1v) is 6.06. The van der Waals surface area contributed by atoms with Crippen molar-refractivity contribution in [1.82, 2.24) is 0 Å². The van der Waals surface area contributed by atoms with Crippen LogP contribution in [-0.2, 0) is 16.0 Å². The van der Waals surface area contributed by atoms with Crippen LogP contribution in [0.3, 0.4) is 0 Å². The minimum atomic E-state index is -1.25. The van der Waals surface area contributed by atoms with Crippen molar-refractivity contribution in [3.05, 3.63) is 35.4 Å². The molecule has 0 amide bonds. The van der Waals surface area contributed by atoms with Gasteiger partial charge in [-0.15, -0.1) is 0 Å². The number of ether oxygens (including phenoxy) is 1. The number of benzene rings is 1. The first kappa shape index (κ1) is 15.2. The Kier molecular flexibility index (Phi) is 6.00. The van der Waals surface area contributed by atoms with Gasteiger partial charge in [-0.25, -0.2) is 0 Å². The van der Waals surface area contributed by atoms with Crippen LogP contribution >= 0.6 is 0 Å². The summed E-state index contributed by atoms with van der Waals surface area (Å²) in [5.74, 6) is -0.563. The lowest BCUT2D eigenvalue weighted by atomic mass is 9.96. The molecule has 2 N–H and O–H groups in total.